The standard InChI is InChI=1S/C11H17NO4/c1-4-15-10(13)7-6-9(8(3)12)11(14)16-5-2/h6-7H,4-5,12H2,1-3H3/b7-6+,9-8-. The van der Waals surface area contributed by atoms with E-state index in [-0.39, 0.29) is 18.8 Å². The van der Waals surface area contributed by atoms with E-state index in [0.717, 1.165) is 6.08 Å². The van der Waals surface area contributed by atoms with Crippen molar-refractivity contribution in [2.45, 2.75) is 20.8 Å². The Morgan fingerprint density at radius 3 is 2.12 bits per heavy atom. The lowest BCUT2D eigenvalue weighted by Gasteiger charge is -2.04. The molecule has 0 aliphatic carbocycles. The van der Waals surface area contributed by atoms with Crippen molar-refractivity contribution in [3.63, 3.8) is 0 Å². The van der Waals surface area contributed by atoms with E-state index < -0.39 is 11.9 Å². The first-order valence-electron chi connectivity index (χ1n) is 5.01. The topological polar surface area (TPSA) is 78.6 Å². The molecule has 0 aliphatic heterocycles. The highest BCUT2D eigenvalue weighted by atomic mass is 16.5. The van der Waals surface area contributed by atoms with Gasteiger partial charge in [-0.05, 0) is 26.8 Å². The van der Waals surface area contributed by atoms with Crippen LogP contribution in [-0.4, -0.2) is 25.2 Å². The Labute approximate surface area is 94.9 Å². The van der Waals surface area contributed by atoms with Gasteiger partial charge in [-0.15, -0.1) is 0 Å². The van der Waals surface area contributed by atoms with Crippen LogP contribution in [0.5, 0.6) is 0 Å². The minimum atomic E-state index is -0.553. The van der Waals surface area contributed by atoms with Crippen molar-refractivity contribution < 1.29 is 19.1 Å². The van der Waals surface area contributed by atoms with Gasteiger partial charge in [0, 0.05) is 11.8 Å². The summed E-state index contributed by atoms with van der Waals surface area (Å²) in [6.45, 7) is 5.48. The number of hydrogen-bond acceptors (Lipinski definition) is 5. The van der Waals surface area contributed by atoms with Crippen molar-refractivity contribution in [3.05, 3.63) is 23.4 Å². The third-order valence-corrected chi connectivity index (χ3v) is 1.59. The van der Waals surface area contributed by atoms with E-state index in [1.807, 2.05) is 0 Å². The van der Waals surface area contributed by atoms with E-state index in [9.17, 15) is 9.59 Å². The Morgan fingerprint density at radius 1 is 1.12 bits per heavy atom. The molecule has 2 N–H and O–H groups in total. The van der Waals surface area contributed by atoms with Gasteiger partial charge < -0.3 is 15.2 Å². The fourth-order valence-corrected chi connectivity index (χ4v) is 0.911. The monoisotopic (exact) mass is 227 g/mol. The van der Waals surface area contributed by atoms with Crippen molar-refractivity contribution in [3.8, 4) is 0 Å². The summed E-state index contributed by atoms with van der Waals surface area (Å²) in [7, 11) is 0. The number of rotatable bonds is 5. The summed E-state index contributed by atoms with van der Waals surface area (Å²) < 4.78 is 9.45. The van der Waals surface area contributed by atoms with Gasteiger partial charge in [0.15, 0.2) is 0 Å². The Morgan fingerprint density at radius 2 is 1.69 bits per heavy atom. The SMILES string of the molecule is CCOC(=O)/C=C/C(C(=O)OCC)=C(\C)N. The first-order chi connectivity index (χ1) is 7.52. The maximum atomic E-state index is 11.4. The van der Waals surface area contributed by atoms with Crippen LogP contribution in [0.4, 0.5) is 0 Å². The average Bonchev–Trinajstić information content (AvgIpc) is 2.18. The Kier molecular flexibility index (Phi) is 6.67. The average molecular weight is 227 g/mol. The van der Waals surface area contributed by atoms with E-state index in [0.29, 0.717) is 5.70 Å². The van der Waals surface area contributed by atoms with Crippen LogP contribution in [0.2, 0.25) is 0 Å². The second-order valence-electron chi connectivity index (χ2n) is 2.90. The summed E-state index contributed by atoms with van der Waals surface area (Å²) in [5.41, 5.74) is 5.96. The van der Waals surface area contributed by atoms with Crippen molar-refractivity contribution in [2.24, 2.45) is 5.73 Å². The van der Waals surface area contributed by atoms with Gasteiger partial charge in [-0.1, -0.05) is 0 Å². The first-order valence-corrected chi connectivity index (χ1v) is 5.01. The fourth-order valence-electron chi connectivity index (χ4n) is 0.911. The quantitative estimate of drug-likeness (QED) is 0.429. The molecule has 0 atom stereocenters. The van der Waals surface area contributed by atoms with Crippen LogP contribution < -0.4 is 5.73 Å². The lowest BCUT2D eigenvalue weighted by molar-refractivity contribution is -0.138. The van der Waals surface area contributed by atoms with Crippen molar-refractivity contribution in [1.29, 1.82) is 0 Å². The summed E-state index contributed by atoms with van der Waals surface area (Å²) in [6, 6.07) is 0. The number of carbonyl (C=O) groups is 2. The van der Waals surface area contributed by atoms with Crippen LogP contribution in [0.15, 0.2) is 23.4 Å². The van der Waals surface area contributed by atoms with Gasteiger partial charge in [0.05, 0.1) is 18.8 Å². The van der Waals surface area contributed by atoms with Crippen LogP contribution in [0.1, 0.15) is 20.8 Å². The zero-order valence-electron chi connectivity index (χ0n) is 9.78. The van der Waals surface area contributed by atoms with Crippen molar-refractivity contribution in [2.75, 3.05) is 13.2 Å². The summed E-state index contributed by atoms with van der Waals surface area (Å²) >= 11 is 0. The van der Waals surface area contributed by atoms with Crippen LogP contribution in [0.3, 0.4) is 0 Å². The summed E-state index contributed by atoms with van der Waals surface area (Å²) in [4.78, 5) is 22.4. The van der Waals surface area contributed by atoms with E-state index in [2.05, 4.69) is 4.74 Å². The molecule has 0 radical (unpaired) electrons. The molecule has 0 aromatic carbocycles. The Balaban J connectivity index is 4.66. The van der Waals surface area contributed by atoms with Crippen LogP contribution in [0, 0.1) is 0 Å². The normalized spacial score (nSPS) is 12.2. The molecule has 0 fully saturated rings. The highest BCUT2D eigenvalue weighted by molar-refractivity contribution is 5.94. The largest absolute Gasteiger partial charge is 0.463 e. The highest BCUT2D eigenvalue weighted by Gasteiger charge is 2.10. The van der Waals surface area contributed by atoms with Gasteiger partial charge in [-0.3, -0.25) is 0 Å². The highest BCUT2D eigenvalue weighted by Crippen LogP contribution is 2.04. The van der Waals surface area contributed by atoms with Gasteiger partial charge in [0.1, 0.15) is 0 Å². The molecule has 0 saturated carbocycles. The number of ether oxygens (including phenoxy) is 2. The maximum absolute atomic E-state index is 11.4. The van der Waals surface area contributed by atoms with Crippen LogP contribution in [-0.2, 0) is 19.1 Å². The second kappa shape index (κ2) is 7.50. The van der Waals surface area contributed by atoms with E-state index in [1.54, 1.807) is 20.8 Å². The van der Waals surface area contributed by atoms with E-state index >= 15 is 0 Å². The van der Waals surface area contributed by atoms with Gasteiger partial charge >= 0.3 is 11.9 Å². The van der Waals surface area contributed by atoms with Gasteiger partial charge in [-0.2, -0.15) is 0 Å². The van der Waals surface area contributed by atoms with Crippen LogP contribution in [0.25, 0.3) is 0 Å². The van der Waals surface area contributed by atoms with E-state index in [4.69, 9.17) is 10.5 Å². The fraction of sp³-hybridized carbons (Fsp3) is 0.455. The molecule has 0 aromatic heterocycles. The third-order valence-electron chi connectivity index (χ3n) is 1.59. The molecular weight excluding hydrogens is 210 g/mol. The van der Waals surface area contributed by atoms with Gasteiger partial charge in [0.2, 0.25) is 0 Å². The summed E-state index contributed by atoms with van der Waals surface area (Å²) in [5.74, 6) is -1.08. The maximum Gasteiger partial charge on any atom is 0.339 e. The molecule has 90 valence electrons. The molecule has 0 bridgehead atoms. The molecule has 0 unspecified atom stereocenters. The minimum absolute atomic E-state index is 0.162. The first kappa shape index (κ1) is 14.2. The number of nitrogens with two attached hydrogens (primary N) is 1. The summed E-state index contributed by atoms with van der Waals surface area (Å²) in [5, 5.41) is 0. The number of allylic oxidation sites excluding steroid dienone is 1. The zero-order valence-corrected chi connectivity index (χ0v) is 9.78. The van der Waals surface area contributed by atoms with Crippen LogP contribution >= 0.6 is 0 Å². The minimum Gasteiger partial charge on any atom is -0.463 e. The molecule has 5 nitrogen and oxygen atoms in total. The lowest BCUT2D eigenvalue weighted by atomic mass is 10.2. The molecular formula is C11H17NO4. The van der Waals surface area contributed by atoms with E-state index in [1.165, 1.54) is 6.08 Å². The number of hydrogen-bond donors (Lipinski definition) is 1. The smallest absolute Gasteiger partial charge is 0.339 e. The molecule has 0 amide bonds. The number of carbonyl (C=O) groups excluding carboxylic acids is 2. The predicted molar refractivity (Wildman–Crippen MR) is 59.3 cm³/mol. The Bertz CT molecular complexity index is 314. The molecule has 0 saturated heterocycles. The summed E-state index contributed by atoms with van der Waals surface area (Å²) in [6.07, 6.45) is 2.44. The number of esters is 2. The molecule has 0 aromatic rings. The van der Waals surface area contributed by atoms with Crippen molar-refractivity contribution >= 4 is 11.9 Å². The zero-order chi connectivity index (χ0) is 12.6. The molecule has 0 spiro atoms. The third kappa shape index (κ3) is 5.19. The lowest BCUT2D eigenvalue weighted by Crippen LogP contribution is -2.11. The van der Waals surface area contributed by atoms with Gasteiger partial charge in [0.25, 0.3) is 0 Å². The van der Waals surface area contributed by atoms with Crippen molar-refractivity contribution in [1.82, 2.24) is 0 Å². The van der Waals surface area contributed by atoms with Gasteiger partial charge in [-0.25, -0.2) is 9.59 Å². The molecule has 16 heavy (non-hydrogen) atoms. The molecule has 0 rings (SSSR count). The molecule has 5 heteroatoms. The Hall–Kier alpha value is -1.78. The molecule has 0 aliphatic rings. The second-order valence-corrected chi connectivity index (χ2v) is 2.90. The predicted octanol–water partition coefficient (Wildman–Crippen LogP) is 0.901. The molecule has 0 heterocycles.